The van der Waals surface area contributed by atoms with Crippen LogP contribution in [0.3, 0.4) is 0 Å². The van der Waals surface area contributed by atoms with Gasteiger partial charge in [-0.05, 0) is 29.8 Å². The van der Waals surface area contributed by atoms with Gasteiger partial charge in [0.15, 0.2) is 11.5 Å². The van der Waals surface area contributed by atoms with E-state index in [1.54, 1.807) is 42.5 Å². The Hall–Kier alpha value is -2.91. The van der Waals surface area contributed by atoms with E-state index in [4.69, 9.17) is 26.8 Å². The average Bonchev–Trinajstić information content (AvgIpc) is 2.94. The molecule has 0 saturated carbocycles. The first-order valence-electron chi connectivity index (χ1n) is 8.40. The molecule has 29 heavy (non-hydrogen) atoms. The van der Waals surface area contributed by atoms with E-state index >= 15 is 0 Å². The molecular formula is C20H16FNO5S2. The van der Waals surface area contributed by atoms with Crippen molar-refractivity contribution in [2.45, 2.75) is 6.61 Å². The second-order valence-corrected chi connectivity index (χ2v) is 7.63. The molecule has 1 amide bonds. The Morgan fingerprint density at radius 1 is 1.28 bits per heavy atom. The second kappa shape index (κ2) is 9.06. The van der Waals surface area contributed by atoms with E-state index in [0.29, 0.717) is 27.5 Å². The fraction of sp³-hybridized carbons (Fsp3) is 0.150. The van der Waals surface area contributed by atoms with Crippen molar-refractivity contribution in [3.63, 3.8) is 0 Å². The highest BCUT2D eigenvalue weighted by atomic mass is 32.2. The van der Waals surface area contributed by atoms with Gasteiger partial charge in [-0.1, -0.05) is 48.2 Å². The normalized spacial score (nSPS) is 15.1. The third kappa shape index (κ3) is 4.93. The Bertz CT molecular complexity index is 1010. The average molecular weight is 433 g/mol. The molecule has 1 aliphatic rings. The lowest BCUT2D eigenvalue weighted by Crippen LogP contribution is -2.33. The molecule has 1 saturated heterocycles. The van der Waals surface area contributed by atoms with E-state index in [0.717, 1.165) is 16.7 Å². The number of benzene rings is 2. The Morgan fingerprint density at radius 2 is 2.03 bits per heavy atom. The molecule has 3 rings (SSSR count). The minimum absolute atomic E-state index is 0.00716. The molecule has 0 aromatic heterocycles. The third-order valence-electron chi connectivity index (χ3n) is 3.99. The van der Waals surface area contributed by atoms with Gasteiger partial charge >= 0.3 is 5.97 Å². The number of ether oxygens (including phenoxy) is 2. The van der Waals surface area contributed by atoms with Crippen molar-refractivity contribution in [1.29, 1.82) is 0 Å². The molecule has 9 heteroatoms. The number of nitrogens with zero attached hydrogens (tertiary/aromatic N) is 1. The van der Waals surface area contributed by atoms with Gasteiger partial charge in [-0.25, -0.2) is 4.39 Å². The predicted molar refractivity (Wildman–Crippen MR) is 111 cm³/mol. The molecule has 150 valence electrons. The van der Waals surface area contributed by atoms with Crippen LogP contribution in [-0.4, -0.2) is 39.9 Å². The van der Waals surface area contributed by atoms with Crippen LogP contribution in [0.1, 0.15) is 11.1 Å². The Kier molecular flexibility index (Phi) is 6.50. The Labute approximate surface area is 175 Å². The van der Waals surface area contributed by atoms with Gasteiger partial charge in [-0.15, -0.1) is 0 Å². The molecule has 1 heterocycles. The van der Waals surface area contributed by atoms with Crippen LogP contribution in [0, 0.1) is 5.82 Å². The largest absolute Gasteiger partial charge is 0.493 e. The summed E-state index contributed by atoms with van der Waals surface area (Å²) in [6.07, 6.45) is 1.59. The fourth-order valence-electron chi connectivity index (χ4n) is 2.59. The minimum atomic E-state index is -1.14. The Balaban J connectivity index is 1.82. The van der Waals surface area contributed by atoms with Crippen LogP contribution in [0.25, 0.3) is 6.08 Å². The molecule has 2 aromatic carbocycles. The molecule has 1 fully saturated rings. The first-order chi connectivity index (χ1) is 13.9. The first-order valence-corrected chi connectivity index (χ1v) is 9.63. The van der Waals surface area contributed by atoms with E-state index in [9.17, 15) is 14.0 Å². The standard InChI is InChI=1S/C20H16FNO5S2/c1-26-15-7-6-12(8-16(15)27-11-13-4-2-3-5-14(13)21)9-17-19(25)22(10-18(23)24)20(28)29-17/h2-9H,10-11H2,1H3,(H,23,24)/b17-9+. The van der Waals surface area contributed by atoms with E-state index in [1.807, 2.05) is 0 Å². The highest BCUT2D eigenvalue weighted by molar-refractivity contribution is 8.26. The van der Waals surface area contributed by atoms with E-state index in [2.05, 4.69) is 0 Å². The summed E-state index contributed by atoms with van der Waals surface area (Å²) in [5.41, 5.74) is 1.03. The molecule has 0 bridgehead atoms. The Morgan fingerprint density at radius 3 is 2.72 bits per heavy atom. The number of thioether (sulfide) groups is 1. The quantitative estimate of drug-likeness (QED) is 0.527. The fourth-order valence-corrected chi connectivity index (χ4v) is 3.84. The van der Waals surface area contributed by atoms with Crippen LogP contribution in [0.4, 0.5) is 4.39 Å². The van der Waals surface area contributed by atoms with Gasteiger partial charge in [-0.3, -0.25) is 14.5 Å². The zero-order chi connectivity index (χ0) is 21.0. The van der Waals surface area contributed by atoms with Crippen molar-refractivity contribution in [3.8, 4) is 11.5 Å². The molecule has 1 N–H and O–H groups in total. The molecule has 0 radical (unpaired) electrons. The maximum absolute atomic E-state index is 13.8. The van der Waals surface area contributed by atoms with Gasteiger partial charge in [-0.2, -0.15) is 0 Å². The highest BCUT2D eigenvalue weighted by Crippen LogP contribution is 2.35. The summed E-state index contributed by atoms with van der Waals surface area (Å²) < 4.78 is 25.0. The van der Waals surface area contributed by atoms with Crippen LogP contribution < -0.4 is 9.47 Å². The number of halogens is 1. The van der Waals surface area contributed by atoms with Gasteiger partial charge in [0.2, 0.25) is 0 Å². The number of methoxy groups -OCH3 is 1. The van der Waals surface area contributed by atoms with Crippen LogP contribution in [0.2, 0.25) is 0 Å². The van der Waals surface area contributed by atoms with Gasteiger partial charge in [0, 0.05) is 5.56 Å². The zero-order valence-electron chi connectivity index (χ0n) is 15.3. The molecule has 0 aliphatic carbocycles. The summed E-state index contributed by atoms with van der Waals surface area (Å²) >= 11 is 6.12. The number of carboxylic acids is 1. The molecule has 0 atom stereocenters. The summed E-state index contributed by atoms with van der Waals surface area (Å²) in [7, 11) is 1.49. The van der Waals surface area contributed by atoms with Crippen molar-refractivity contribution in [2.75, 3.05) is 13.7 Å². The zero-order valence-corrected chi connectivity index (χ0v) is 16.9. The molecule has 1 aliphatic heterocycles. The number of carboxylic acid groups (broad SMARTS) is 1. The van der Waals surface area contributed by atoms with Gasteiger partial charge < -0.3 is 14.6 Å². The topological polar surface area (TPSA) is 76.1 Å². The highest BCUT2D eigenvalue weighted by Gasteiger charge is 2.33. The van der Waals surface area contributed by atoms with E-state index < -0.39 is 18.4 Å². The van der Waals surface area contributed by atoms with Gasteiger partial charge in [0.1, 0.15) is 23.3 Å². The SMILES string of the molecule is COc1ccc(/C=C2/SC(=S)N(CC(=O)O)C2=O)cc1OCc1ccccc1F. The molecule has 2 aromatic rings. The first kappa shape index (κ1) is 20.8. The van der Waals surface area contributed by atoms with E-state index in [1.165, 1.54) is 13.2 Å². The van der Waals surface area contributed by atoms with Crippen LogP contribution >= 0.6 is 24.0 Å². The smallest absolute Gasteiger partial charge is 0.323 e. The van der Waals surface area contributed by atoms with Crippen molar-refractivity contribution in [2.24, 2.45) is 0 Å². The number of hydrogen-bond acceptors (Lipinski definition) is 6. The molecular weight excluding hydrogens is 417 g/mol. The number of carbonyl (C=O) groups excluding carboxylic acids is 1. The third-order valence-corrected chi connectivity index (χ3v) is 5.37. The van der Waals surface area contributed by atoms with E-state index in [-0.39, 0.29) is 16.7 Å². The summed E-state index contributed by atoms with van der Waals surface area (Å²) in [5, 5.41) is 8.91. The lowest BCUT2D eigenvalue weighted by Gasteiger charge is -2.12. The summed E-state index contributed by atoms with van der Waals surface area (Å²) in [4.78, 5) is 24.6. The minimum Gasteiger partial charge on any atom is -0.493 e. The maximum atomic E-state index is 13.8. The van der Waals surface area contributed by atoms with Crippen molar-refractivity contribution in [1.82, 2.24) is 4.90 Å². The number of amides is 1. The van der Waals surface area contributed by atoms with Crippen LogP contribution in [0.15, 0.2) is 47.4 Å². The lowest BCUT2D eigenvalue weighted by molar-refractivity contribution is -0.140. The maximum Gasteiger partial charge on any atom is 0.323 e. The lowest BCUT2D eigenvalue weighted by atomic mass is 10.1. The number of rotatable bonds is 7. The van der Waals surface area contributed by atoms with Crippen molar-refractivity contribution in [3.05, 3.63) is 64.3 Å². The summed E-state index contributed by atoms with van der Waals surface area (Å²) in [6.45, 7) is -0.477. The summed E-state index contributed by atoms with van der Waals surface area (Å²) in [6, 6.07) is 11.3. The van der Waals surface area contributed by atoms with Crippen molar-refractivity contribution < 1.29 is 28.6 Å². The number of thiocarbonyl (C=S) groups is 1. The molecule has 6 nitrogen and oxygen atoms in total. The van der Waals surface area contributed by atoms with Crippen LogP contribution in [0.5, 0.6) is 11.5 Å². The summed E-state index contributed by atoms with van der Waals surface area (Å²) in [5.74, 6) is -1.14. The number of carbonyl (C=O) groups is 2. The number of aliphatic carboxylic acids is 1. The van der Waals surface area contributed by atoms with Gasteiger partial charge in [0.05, 0.1) is 12.0 Å². The van der Waals surface area contributed by atoms with Crippen LogP contribution in [-0.2, 0) is 16.2 Å². The second-order valence-electron chi connectivity index (χ2n) is 5.95. The number of hydrogen-bond donors (Lipinski definition) is 1. The molecule has 0 unspecified atom stereocenters. The predicted octanol–water partition coefficient (Wildman–Crippen LogP) is 3.70. The van der Waals surface area contributed by atoms with Gasteiger partial charge in [0.25, 0.3) is 5.91 Å². The monoisotopic (exact) mass is 433 g/mol. The van der Waals surface area contributed by atoms with Crippen molar-refractivity contribution >= 4 is 46.3 Å². The molecule has 0 spiro atoms.